The summed E-state index contributed by atoms with van der Waals surface area (Å²) in [4.78, 5) is 26.0. The number of anilines is 1. The Morgan fingerprint density at radius 3 is 2.30 bits per heavy atom. The molecule has 1 aromatic rings. The molecule has 0 radical (unpaired) electrons. The maximum atomic E-state index is 11.8. The lowest BCUT2D eigenvalue weighted by Crippen LogP contribution is -2.48. The Morgan fingerprint density at radius 1 is 1.05 bits per heavy atom. The zero-order valence-corrected chi connectivity index (χ0v) is 11.2. The molecular formula is C14H18N2O4. The highest BCUT2D eigenvalue weighted by Crippen LogP contribution is 2.27. The molecule has 1 aromatic carbocycles. The number of hydrogen-bond donors (Lipinski definition) is 2. The Morgan fingerprint density at radius 2 is 1.70 bits per heavy atom. The highest BCUT2D eigenvalue weighted by atomic mass is 16.4. The van der Waals surface area contributed by atoms with Gasteiger partial charge < -0.3 is 20.0 Å². The van der Waals surface area contributed by atoms with Crippen molar-refractivity contribution in [3.63, 3.8) is 0 Å². The van der Waals surface area contributed by atoms with E-state index in [4.69, 9.17) is 5.11 Å². The van der Waals surface area contributed by atoms with Gasteiger partial charge in [-0.05, 0) is 12.1 Å². The molecule has 1 aliphatic rings. The van der Waals surface area contributed by atoms with Gasteiger partial charge in [0.2, 0.25) is 5.91 Å². The van der Waals surface area contributed by atoms with E-state index in [-0.39, 0.29) is 24.5 Å². The normalized spacial score (nSPS) is 15.2. The minimum absolute atomic E-state index is 0.0475. The second-order valence-electron chi connectivity index (χ2n) is 4.75. The van der Waals surface area contributed by atoms with Gasteiger partial charge in [0.25, 0.3) is 0 Å². The summed E-state index contributed by atoms with van der Waals surface area (Å²) in [5.41, 5.74) is 0.769. The first-order chi connectivity index (χ1) is 9.58. The van der Waals surface area contributed by atoms with Crippen LogP contribution in [0.4, 0.5) is 5.69 Å². The molecule has 0 spiro atoms. The molecule has 2 rings (SSSR count). The van der Waals surface area contributed by atoms with Gasteiger partial charge in [-0.15, -0.1) is 0 Å². The highest BCUT2D eigenvalue weighted by molar-refractivity contribution is 5.81. The van der Waals surface area contributed by atoms with Crippen LogP contribution in [0.25, 0.3) is 0 Å². The fraction of sp³-hybridized carbons (Fsp3) is 0.429. The van der Waals surface area contributed by atoms with E-state index in [0.717, 1.165) is 5.69 Å². The van der Waals surface area contributed by atoms with Crippen molar-refractivity contribution in [1.82, 2.24) is 4.90 Å². The van der Waals surface area contributed by atoms with Crippen molar-refractivity contribution in [2.24, 2.45) is 0 Å². The summed E-state index contributed by atoms with van der Waals surface area (Å²) >= 11 is 0. The van der Waals surface area contributed by atoms with Crippen LogP contribution >= 0.6 is 0 Å². The number of piperazine rings is 1. The van der Waals surface area contributed by atoms with Gasteiger partial charge in [-0.25, -0.2) is 0 Å². The summed E-state index contributed by atoms with van der Waals surface area (Å²) in [6.45, 7) is 2.37. The fourth-order valence-corrected chi connectivity index (χ4v) is 2.30. The lowest BCUT2D eigenvalue weighted by Gasteiger charge is -2.36. The number of aliphatic carboxylic acids is 1. The molecule has 0 atom stereocenters. The van der Waals surface area contributed by atoms with E-state index in [1.807, 2.05) is 17.0 Å². The van der Waals surface area contributed by atoms with E-state index in [0.29, 0.717) is 26.2 Å². The van der Waals surface area contributed by atoms with Crippen LogP contribution in [0, 0.1) is 0 Å². The van der Waals surface area contributed by atoms with Gasteiger partial charge in [0.15, 0.2) is 0 Å². The van der Waals surface area contributed by atoms with Crippen LogP contribution in [0.3, 0.4) is 0 Å². The molecule has 0 saturated carbocycles. The number of carbonyl (C=O) groups is 2. The van der Waals surface area contributed by atoms with Gasteiger partial charge in [-0.2, -0.15) is 0 Å². The topological polar surface area (TPSA) is 81.1 Å². The largest absolute Gasteiger partial charge is 0.506 e. The average molecular weight is 278 g/mol. The van der Waals surface area contributed by atoms with Gasteiger partial charge in [0.1, 0.15) is 5.75 Å². The number of hydrogen-bond acceptors (Lipinski definition) is 4. The number of carboxylic acid groups (broad SMARTS) is 1. The lowest BCUT2D eigenvalue weighted by molar-refractivity contribution is -0.141. The molecule has 0 bridgehead atoms. The predicted molar refractivity (Wildman–Crippen MR) is 73.8 cm³/mol. The molecule has 2 N–H and O–H groups in total. The summed E-state index contributed by atoms with van der Waals surface area (Å²) < 4.78 is 0. The van der Waals surface area contributed by atoms with Gasteiger partial charge in [0, 0.05) is 32.6 Å². The summed E-state index contributed by atoms with van der Waals surface area (Å²) in [6.07, 6.45) is -0.0789. The van der Waals surface area contributed by atoms with Crippen molar-refractivity contribution in [3.05, 3.63) is 24.3 Å². The Hall–Kier alpha value is -2.24. The van der Waals surface area contributed by atoms with Gasteiger partial charge in [-0.1, -0.05) is 12.1 Å². The Kier molecular flexibility index (Phi) is 4.45. The molecule has 108 valence electrons. The first-order valence-electron chi connectivity index (χ1n) is 6.60. The first kappa shape index (κ1) is 14.2. The second-order valence-corrected chi connectivity index (χ2v) is 4.75. The van der Waals surface area contributed by atoms with Crippen molar-refractivity contribution >= 4 is 17.6 Å². The third kappa shape index (κ3) is 3.40. The van der Waals surface area contributed by atoms with Crippen LogP contribution < -0.4 is 4.90 Å². The number of rotatable bonds is 4. The van der Waals surface area contributed by atoms with Crippen molar-refractivity contribution < 1.29 is 19.8 Å². The van der Waals surface area contributed by atoms with Gasteiger partial charge in [-0.3, -0.25) is 9.59 Å². The number of carboxylic acids is 1. The van der Waals surface area contributed by atoms with E-state index < -0.39 is 5.97 Å². The summed E-state index contributed by atoms with van der Waals surface area (Å²) in [5, 5.41) is 18.4. The fourth-order valence-electron chi connectivity index (χ4n) is 2.30. The van der Waals surface area contributed by atoms with Crippen LogP contribution in [-0.2, 0) is 9.59 Å². The molecular weight excluding hydrogens is 260 g/mol. The summed E-state index contributed by atoms with van der Waals surface area (Å²) in [7, 11) is 0. The Bertz CT molecular complexity index is 496. The second kappa shape index (κ2) is 6.27. The molecule has 20 heavy (non-hydrogen) atoms. The Balaban J connectivity index is 1.88. The average Bonchev–Trinajstić information content (AvgIpc) is 2.45. The molecule has 6 nitrogen and oxygen atoms in total. The minimum Gasteiger partial charge on any atom is -0.506 e. The lowest BCUT2D eigenvalue weighted by atomic mass is 10.2. The maximum absolute atomic E-state index is 11.8. The summed E-state index contributed by atoms with van der Waals surface area (Å²) in [5.74, 6) is -0.839. The molecule has 1 heterocycles. The number of nitrogens with zero attached hydrogens (tertiary/aromatic N) is 2. The molecule has 0 aromatic heterocycles. The van der Waals surface area contributed by atoms with E-state index in [2.05, 4.69) is 0 Å². The summed E-state index contributed by atoms with van der Waals surface area (Å²) in [6, 6.07) is 7.11. The molecule has 0 unspecified atom stereocenters. The monoisotopic (exact) mass is 278 g/mol. The zero-order valence-electron chi connectivity index (χ0n) is 11.2. The molecule has 1 aliphatic heterocycles. The number of carbonyl (C=O) groups excluding carboxylic acids is 1. The van der Waals surface area contributed by atoms with E-state index in [1.54, 1.807) is 17.0 Å². The maximum Gasteiger partial charge on any atom is 0.303 e. The minimum atomic E-state index is -0.953. The van der Waals surface area contributed by atoms with Crippen molar-refractivity contribution in [2.45, 2.75) is 12.8 Å². The van der Waals surface area contributed by atoms with Crippen molar-refractivity contribution in [1.29, 1.82) is 0 Å². The third-order valence-electron chi connectivity index (χ3n) is 3.41. The number of aromatic hydroxyl groups is 1. The molecule has 1 amide bonds. The molecule has 6 heteroatoms. The third-order valence-corrected chi connectivity index (χ3v) is 3.41. The van der Waals surface area contributed by atoms with E-state index in [9.17, 15) is 14.7 Å². The van der Waals surface area contributed by atoms with Crippen LogP contribution in [0.15, 0.2) is 24.3 Å². The van der Waals surface area contributed by atoms with E-state index >= 15 is 0 Å². The smallest absolute Gasteiger partial charge is 0.303 e. The molecule has 1 saturated heterocycles. The predicted octanol–water partition coefficient (Wildman–Crippen LogP) is 0.906. The number of para-hydroxylation sites is 2. The Labute approximate surface area is 117 Å². The number of benzene rings is 1. The van der Waals surface area contributed by atoms with Gasteiger partial charge >= 0.3 is 5.97 Å². The number of phenolic OH excluding ortho intramolecular Hbond substituents is 1. The zero-order chi connectivity index (χ0) is 14.5. The van der Waals surface area contributed by atoms with Crippen LogP contribution in [0.2, 0.25) is 0 Å². The molecule has 1 fully saturated rings. The van der Waals surface area contributed by atoms with Crippen LogP contribution in [-0.4, -0.2) is 53.2 Å². The van der Waals surface area contributed by atoms with Crippen LogP contribution in [0.5, 0.6) is 5.75 Å². The molecule has 0 aliphatic carbocycles. The van der Waals surface area contributed by atoms with Gasteiger partial charge in [0.05, 0.1) is 12.1 Å². The number of amides is 1. The van der Waals surface area contributed by atoms with E-state index in [1.165, 1.54) is 0 Å². The first-order valence-corrected chi connectivity index (χ1v) is 6.60. The standard InChI is InChI=1S/C14H18N2O4/c17-12-4-2-1-3-11(12)15-7-9-16(10-8-15)13(18)5-6-14(19)20/h1-4,17H,5-10H2,(H,19,20). The number of phenols is 1. The SMILES string of the molecule is O=C(O)CCC(=O)N1CCN(c2ccccc2O)CC1. The van der Waals surface area contributed by atoms with Crippen molar-refractivity contribution in [3.8, 4) is 5.75 Å². The quantitative estimate of drug-likeness (QED) is 0.855. The van der Waals surface area contributed by atoms with Crippen LogP contribution in [0.1, 0.15) is 12.8 Å². The highest BCUT2D eigenvalue weighted by Gasteiger charge is 2.22. The van der Waals surface area contributed by atoms with Crippen molar-refractivity contribution in [2.75, 3.05) is 31.1 Å².